The van der Waals surface area contributed by atoms with Crippen LogP contribution in [0, 0.1) is 0 Å². The van der Waals surface area contributed by atoms with Crippen LogP contribution < -0.4 is 15.4 Å². The zero-order valence-electron chi connectivity index (χ0n) is 12.9. The molecule has 3 amide bonds. The molecule has 24 heavy (non-hydrogen) atoms. The third-order valence-corrected chi connectivity index (χ3v) is 4.69. The molecule has 0 aliphatic carbocycles. The minimum atomic E-state index is -0.642. The lowest BCUT2D eigenvalue weighted by atomic mass is 10.0. The highest BCUT2D eigenvalue weighted by Gasteiger charge is 2.41. The van der Waals surface area contributed by atoms with Gasteiger partial charge in [0.2, 0.25) is 11.8 Å². The molecule has 0 spiro atoms. The van der Waals surface area contributed by atoms with Crippen LogP contribution in [0.15, 0.2) is 12.1 Å². The van der Waals surface area contributed by atoms with Crippen LogP contribution in [0.5, 0.6) is 5.75 Å². The molecule has 1 fully saturated rings. The summed E-state index contributed by atoms with van der Waals surface area (Å²) in [5.74, 6) is -0.330. The summed E-state index contributed by atoms with van der Waals surface area (Å²) < 4.78 is 5.63. The van der Waals surface area contributed by atoms with Crippen molar-refractivity contribution in [2.45, 2.75) is 31.5 Å². The molecular weight excluding hydrogens is 314 g/mol. The van der Waals surface area contributed by atoms with Crippen LogP contribution >= 0.6 is 0 Å². The van der Waals surface area contributed by atoms with E-state index in [2.05, 4.69) is 10.6 Å². The fraction of sp³-hybridized carbons (Fsp3) is 0.438. The summed E-state index contributed by atoms with van der Waals surface area (Å²) in [6, 6.07) is 2.55. The Morgan fingerprint density at radius 2 is 2.12 bits per heavy atom. The van der Waals surface area contributed by atoms with E-state index in [-0.39, 0.29) is 37.4 Å². The molecule has 1 aromatic carbocycles. The molecule has 3 N–H and O–H groups in total. The number of ether oxygens (including phenoxy) is 1. The fourth-order valence-electron chi connectivity index (χ4n) is 3.43. The second kappa shape index (κ2) is 5.48. The third-order valence-electron chi connectivity index (χ3n) is 4.69. The molecule has 0 bridgehead atoms. The summed E-state index contributed by atoms with van der Waals surface area (Å²) in [4.78, 5) is 37.6. The highest BCUT2D eigenvalue weighted by Crippen LogP contribution is 2.40. The van der Waals surface area contributed by atoms with Gasteiger partial charge in [-0.2, -0.15) is 0 Å². The molecule has 8 nitrogen and oxygen atoms in total. The number of aliphatic hydroxyl groups is 1. The van der Waals surface area contributed by atoms with Crippen molar-refractivity contribution >= 4 is 23.4 Å². The van der Waals surface area contributed by atoms with Gasteiger partial charge in [0.15, 0.2) is 0 Å². The first-order chi connectivity index (χ1) is 11.6. The standard InChI is InChI=1S/C16H17N3O5/c20-6-8-7-24-12-3-1-9-10(14(12)17-8)5-19(16(9)23)11-2-4-13(21)18-15(11)22/h1,3,8,11,17,20H,2,4-7H2,(H,18,21,22)/t8-,11+/m1/s1. The first-order valence-corrected chi connectivity index (χ1v) is 7.89. The Morgan fingerprint density at radius 3 is 2.88 bits per heavy atom. The van der Waals surface area contributed by atoms with Gasteiger partial charge in [-0.05, 0) is 18.6 Å². The van der Waals surface area contributed by atoms with E-state index in [1.165, 1.54) is 4.90 Å². The van der Waals surface area contributed by atoms with E-state index in [0.717, 1.165) is 5.56 Å². The largest absolute Gasteiger partial charge is 0.489 e. The number of carbonyl (C=O) groups is 3. The summed E-state index contributed by atoms with van der Waals surface area (Å²) >= 11 is 0. The number of piperidine rings is 1. The molecule has 3 aliphatic heterocycles. The smallest absolute Gasteiger partial charge is 0.255 e. The van der Waals surface area contributed by atoms with Gasteiger partial charge in [-0.25, -0.2) is 0 Å². The summed E-state index contributed by atoms with van der Waals surface area (Å²) in [5.41, 5.74) is 1.98. The molecule has 2 atom stereocenters. The minimum Gasteiger partial charge on any atom is -0.489 e. The van der Waals surface area contributed by atoms with E-state index >= 15 is 0 Å². The Labute approximate surface area is 137 Å². The number of imide groups is 1. The molecule has 0 saturated carbocycles. The topological polar surface area (TPSA) is 108 Å². The van der Waals surface area contributed by atoms with Crippen molar-refractivity contribution in [3.8, 4) is 5.75 Å². The van der Waals surface area contributed by atoms with Gasteiger partial charge in [0.05, 0.1) is 18.3 Å². The lowest BCUT2D eigenvalue weighted by Gasteiger charge is -2.30. The zero-order chi connectivity index (χ0) is 16.8. The number of nitrogens with zero attached hydrogens (tertiary/aromatic N) is 1. The van der Waals surface area contributed by atoms with E-state index in [0.29, 0.717) is 30.0 Å². The van der Waals surface area contributed by atoms with Crippen LogP contribution in [0.25, 0.3) is 0 Å². The van der Waals surface area contributed by atoms with Crippen molar-refractivity contribution in [3.05, 3.63) is 23.3 Å². The number of anilines is 1. The average molecular weight is 331 g/mol. The predicted octanol–water partition coefficient (Wildman–Crippen LogP) is -0.387. The molecule has 1 aromatic rings. The van der Waals surface area contributed by atoms with Crippen LogP contribution in [0.3, 0.4) is 0 Å². The normalized spacial score (nSPS) is 25.5. The van der Waals surface area contributed by atoms with Crippen molar-refractivity contribution in [2.24, 2.45) is 0 Å². The van der Waals surface area contributed by atoms with E-state index in [4.69, 9.17) is 4.74 Å². The number of benzene rings is 1. The molecule has 0 radical (unpaired) electrons. The monoisotopic (exact) mass is 331 g/mol. The Bertz CT molecular complexity index is 747. The highest BCUT2D eigenvalue weighted by atomic mass is 16.5. The number of carbonyl (C=O) groups excluding carboxylic acids is 3. The van der Waals surface area contributed by atoms with Gasteiger partial charge in [0.1, 0.15) is 18.4 Å². The summed E-state index contributed by atoms with van der Waals surface area (Å²) in [6.45, 7) is 0.555. The molecule has 0 aromatic heterocycles. The Balaban J connectivity index is 1.65. The summed E-state index contributed by atoms with van der Waals surface area (Å²) in [5, 5.41) is 14.8. The molecule has 1 saturated heterocycles. The minimum absolute atomic E-state index is 0.0755. The number of rotatable bonds is 2. The quantitative estimate of drug-likeness (QED) is 0.637. The molecule has 3 aliphatic rings. The molecule has 4 rings (SSSR count). The van der Waals surface area contributed by atoms with Crippen LogP contribution in [0.2, 0.25) is 0 Å². The number of aliphatic hydroxyl groups excluding tert-OH is 1. The number of amides is 3. The van der Waals surface area contributed by atoms with Crippen molar-refractivity contribution < 1.29 is 24.2 Å². The summed E-state index contributed by atoms with van der Waals surface area (Å²) in [6.07, 6.45) is 0.554. The number of hydrogen-bond donors (Lipinski definition) is 3. The average Bonchev–Trinajstić information content (AvgIpc) is 2.91. The maximum Gasteiger partial charge on any atom is 0.255 e. The lowest BCUT2D eigenvalue weighted by molar-refractivity contribution is -0.136. The maximum atomic E-state index is 12.7. The van der Waals surface area contributed by atoms with Gasteiger partial charge in [-0.3, -0.25) is 19.7 Å². The highest BCUT2D eigenvalue weighted by molar-refractivity contribution is 6.06. The van der Waals surface area contributed by atoms with Crippen LogP contribution in [0.1, 0.15) is 28.8 Å². The molecule has 0 unspecified atom stereocenters. The van der Waals surface area contributed by atoms with Gasteiger partial charge >= 0.3 is 0 Å². The fourth-order valence-corrected chi connectivity index (χ4v) is 3.43. The molecule has 126 valence electrons. The van der Waals surface area contributed by atoms with Gasteiger partial charge in [0.25, 0.3) is 5.91 Å². The predicted molar refractivity (Wildman–Crippen MR) is 82.5 cm³/mol. The second-order valence-electron chi connectivity index (χ2n) is 6.20. The number of nitrogens with one attached hydrogen (secondary N) is 2. The van der Waals surface area contributed by atoms with E-state index in [1.807, 2.05) is 0 Å². The first kappa shape index (κ1) is 14.9. The van der Waals surface area contributed by atoms with Gasteiger partial charge in [-0.15, -0.1) is 0 Å². The molecular formula is C16H17N3O5. The van der Waals surface area contributed by atoms with E-state index in [9.17, 15) is 19.5 Å². The second-order valence-corrected chi connectivity index (χ2v) is 6.20. The van der Waals surface area contributed by atoms with Crippen molar-refractivity contribution in [1.82, 2.24) is 10.2 Å². The lowest BCUT2D eigenvalue weighted by Crippen LogP contribution is -2.52. The molecule has 3 heterocycles. The Kier molecular flexibility index (Phi) is 3.42. The molecule has 8 heteroatoms. The van der Waals surface area contributed by atoms with Crippen molar-refractivity contribution in [1.29, 1.82) is 0 Å². The third kappa shape index (κ3) is 2.22. The van der Waals surface area contributed by atoms with Crippen molar-refractivity contribution in [2.75, 3.05) is 18.5 Å². The van der Waals surface area contributed by atoms with Gasteiger partial charge < -0.3 is 20.1 Å². The summed E-state index contributed by atoms with van der Waals surface area (Å²) in [7, 11) is 0. The van der Waals surface area contributed by atoms with Crippen molar-refractivity contribution in [3.63, 3.8) is 0 Å². The van der Waals surface area contributed by atoms with Gasteiger partial charge in [0, 0.05) is 24.1 Å². The first-order valence-electron chi connectivity index (χ1n) is 7.89. The zero-order valence-corrected chi connectivity index (χ0v) is 12.9. The number of hydrogen-bond acceptors (Lipinski definition) is 6. The Hall–Kier alpha value is -2.61. The van der Waals surface area contributed by atoms with Gasteiger partial charge in [-0.1, -0.05) is 0 Å². The number of fused-ring (bicyclic) bond motifs is 3. The van der Waals surface area contributed by atoms with Crippen LogP contribution in [-0.4, -0.2) is 53.0 Å². The van der Waals surface area contributed by atoms with Crippen LogP contribution in [-0.2, 0) is 16.1 Å². The van der Waals surface area contributed by atoms with Crippen LogP contribution in [0.4, 0.5) is 5.69 Å². The maximum absolute atomic E-state index is 12.7. The van der Waals surface area contributed by atoms with E-state index < -0.39 is 11.9 Å². The van der Waals surface area contributed by atoms with E-state index in [1.54, 1.807) is 12.1 Å². The Morgan fingerprint density at radius 1 is 1.29 bits per heavy atom. The SMILES string of the molecule is O=C1CC[C@H](N2Cc3c(ccc4c3N[C@H](CO)CO4)C2=O)C(=O)N1.